The SMILES string of the molecule is CCCc1cc(CN)cc(N(CC(F)(F)F)C2CC2)n1. The lowest BCUT2D eigenvalue weighted by Crippen LogP contribution is -2.36. The van der Waals surface area contributed by atoms with Gasteiger partial charge in [-0.05, 0) is 37.0 Å². The number of aryl methyl sites for hydroxylation is 1. The molecule has 0 atom stereocenters. The molecule has 112 valence electrons. The van der Waals surface area contributed by atoms with Gasteiger partial charge in [0.05, 0.1) is 0 Å². The van der Waals surface area contributed by atoms with Gasteiger partial charge in [-0.1, -0.05) is 13.3 Å². The van der Waals surface area contributed by atoms with Crippen LogP contribution < -0.4 is 10.6 Å². The standard InChI is InChI=1S/C14H20F3N3/c1-2-3-11-6-10(8-18)7-13(19-11)20(12-4-5-12)9-14(15,16)17/h6-7,12H,2-5,8-9,18H2,1H3. The summed E-state index contributed by atoms with van der Waals surface area (Å²) in [6, 6.07) is 3.53. The molecule has 0 bridgehead atoms. The zero-order chi connectivity index (χ0) is 14.8. The Hall–Kier alpha value is -1.30. The third-order valence-corrected chi connectivity index (χ3v) is 3.30. The van der Waals surface area contributed by atoms with E-state index in [1.807, 2.05) is 13.0 Å². The number of pyridine rings is 1. The molecule has 1 aliphatic carbocycles. The van der Waals surface area contributed by atoms with Crippen molar-refractivity contribution >= 4 is 5.82 Å². The first-order valence-electron chi connectivity index (χ1n) is 6.96. The minimum absolute atomic E-state index is 0.0355. The fourth-order valence-electron chi connectivity index (χ4n) is 2.26. The largest absolute Gasteiger partial charge is 0.405 e. The molecule has 20 heavy (non-hydrogen) atoms. The summed E-state index contributed by atoms with van der Waals surface area (Å²) in [5.41, 5.74) is 7.29. The van der Waals surface area contributed by atoms with Crippen LogP contribution in [0.3, 0.4) is 0 Å². The third kappa shape index (κ3) is 4.10. The average molecular weight is 287 g/mol. The molecule has 0 unspecified atom stereocenters. The molecule has 0 aromatic carbocycles. The molecule has 3 nitrogen and oxygen atoms in total. The van der Waals surface area contributed by atoms with Crippen LogP contribution in [0.4, 0.5) is 19.0 Å². The van der Waals surface area contributed by atoms with Crippen molar-refractivity contribution in [3.05, 3.63) is 23.4 Å². The summed E-state index contributed by atoms with van der Waals surface area (Å²) >= 11 is 0. The Bertz CT molecular complexity index is 455. The molecule has 0 amide bonds. The highest BCUT2D eigenvalue weighted by Crippen LogP contribution is 2.34. The first-order valence-corrected chi connectivity index (χ1v) is 6.96. The van der Waals surface area contributed by atoms with E-state index in [9.17, 15) is 13.2 Å². The van der Waals surface area contributed by atoms with E-state index in [2.05, 4.69) is 4.98 Å². The second-order valence-electron chi connectivity index (χ2n) is 5.25. The smallest absolute Gasteiger partial charge is 0.345 e. The number of nitrogens with zero attached hydrogens (tertiary/aromatic N) is 2. The van der Waals surface area contributed by atoms with Crippen molar-refractivity contribution in [1.29, 1.82) is 0 Å². The molecule has 0 spiro atoms. The van der Waals surface area contributed by atoms with Crippen LogP contribution in [0, 0.1) is 0 Å². The van der Waals surface area contributed by atoms with E-state index in [0.717, 1.165) is 36.9 Å². The van der Waals surface area contributed by atoms with Gasteiger partial charge >= 0.3 is 6.18 Å². The van der Waals surface area contributed by atoms with Crippen molar-refractivity contribution in [3.8, 4) is 0 Å². The molecular weight excluding hydrogens is 267 g/mol. The minimum Gasteiger partial charge on any atom is -0.345 e. The van der Waals surface area contributed by atoms with E-state index in [4.69, 9.17) is 5.73 Å². The summed E-state index contributed by atoms with van der Waals surface area (Å²) in [5, 5.41) is 0. The normalized spacial score (nSPS) is 15.4. The molecule has 0 saturated heterocycles. The Morgan fingerprint density at radius 1 is 1.35 bits per heavy atom. The number of alkyl halides is 3. The van der Waals surface area contributed by atoms with Crippen molar-refractivity contribution in [2.45, 2.75) is 51.4 Å². The summed E-state index contributed by atoms with van der Waals surface area (Å²) in [6.45, 7) is 1.39. The lowest BCUT2D eigenvalue weighted by Gasteiger charge is -2.25. The number of nitrogens with two attached hydrogens (primary N) is 1. The van der Waals surface area contributed by atoms with Crippen molar-refractivity contribution in [2.24, 2.45) is 5.73 Å². The molecule has 0 radical (unpaired) electrons. The number of anilines is 1. The van der Waals surface area contributed by atoms with Crippen LogP contribution in [-0.4, -0.2) is 23.7 Å². The fraction of sp³-hybridized carbons (Fsp3) is 0.643. The number of hydrogen-bond acceptors (Lipinski definition) is 3. The van der Waals surface area contributed by atoms with Gasteiger partial charge in [0.15, 0.2) is 0 Å². The van der Waals surface area contributed by atoms with Crippen LogP contribution in [0.1, 0.15) is 37.4 Å². The number of aromatic nitrogens is 1. The van der Waals surface area contributed by atoms with Crippen molar-refractivity contribution in [2.75, 3.05) is 11.4 Å². The molecule has 1 aromatic heterocycles. The first-order chi connectivity index (χ1) is 9.43. The van der Waals surface area contributed by atoms with Gasteiger partial charge < -0.3 is 10.6 Å². The monoisotopic (exact) mass is 287 g/mol. The summed E-state index contributed by atoms with van der Waals surface area (Å²) < 4.78 is 38.1. The quantitative estimate of drug-likeness (QED) is 0.874. The van der Waals surface area contributed by atoms with Gasteiger partial charge in [-0.2, -0.15) is 13.2 Å². The van der Waals surface area contributed by atoms with Crippen LogP contribution in [0.5, 0.6) is 0 Å². The predicted molar refractivity (Wildman–Crippen MR) is 72.5 cm³/mol. The van der Waals surface area contributed by atoms with E-state index < -0.39 is 12.7 Å². The summed E-state index contributed by atoms with van der Waals surface area (Å²) in [5.74, 6) is 0.413. The van der Waals surface area contributed by atoms with Gasteiger partial charge in [-0.15, -0.1) is 0 Å². The summed E-state index contributed by atoms with van der Waals surface area (Å²) in [4.78, 5) is 5.76. The van der Waals surface area contributed by atoms with Gasteiger partial charge in [0, 0.05) is 18.3 Å². The maximum atomic E-state index is 12.7. The topological polar surface area (TPSA) is 42.1 Å². The zero-order valence-electron chi connectivity index (χ0n) is 11.6. The summed E-state index contributed by atoms with van der Waals surface area (Å²) in [7, 11) is 0. The number of rotatable bonds is 6. The average Bonchev–Trinajstić information content (AvgIpc) is 3.19. The lowest BCUT2D eigenvalue weighted by atomic mass is 10.1. The first kappa shape index (κ1) is 15.1. The van der Waals surface area contributed by atoms with Gasteiger partial charge in [0.25, 0.3) is 0 Å². The Morgan fingerprint density at radius 2 is 2.05 bits per heavy atom. The van der Waals surface area contributed by atoms with E-state index in [1.54, 1.807) is 6.07 Å². The maximum Gasteiger partial charge on any atom is 0.405 e. The highest BCUT2D eigenvalue weighted by molar-refractivity contribution is 5.45. The highest BCUT2D eigenvalue weighted by Gasteiger charge is 2.38. The van der Waals surface area contributed by atoms with E-state index in [0.29, 0.717) is 12.4 Å². The van der Waals surface area contributed by atoms with Crippen molar-refractivity contribution in [3.63, 3.8) is 0 Å². The Balaban J connectivity index is 2.29. The molecule has 1 aliphatic rings. The minimum atomic E-state index is -4.21. The molecule has 2 rings (SSSR count). The lowest BCUT2D eigenvalue weighted by molar-refractivity contribution is -0.120. The van der Waals surface area contributed by atoms with E-state index in [1.165, 1.54) is 4.90 Å². The van der Waals surface area contributed by atoms with Crippen LogP contribution in [-0.2, 0) is 13.0 Å². The van der Waals surface area contributed by atoms with Gasteiger partial charge in [-0.25, -0.2) is 4.98 Å². The fourth-order valence-corrected chi connectivity index (χ4v) is 2.26. The van der Waals surface area contributed by atoms with Crippen LogP contribution in [0.2, 0.25) is 0 Å². The molecule has 1 saturated carbocycles. The maximum absolute atomic E-state index is 12.7. The number of halogens is 3. The molecule has 1 aromatic rings. The van der Waals surface area contributed by atoms with Crippen LogP contribution in [0.25, 0.3) is 0 Å². The molecule has 2 N–H and O–H groups in total. The van der Waals surface area contributed by atoms with Gasteiger partial charge in [-0.3, -0.25) is 0 Å². The highest BCUT2D eigenvalue weighted by atomic mass is 19.4. The van der Waals surface area contributed by atoms with Gasteiger partial charge in [0.1, 0.15) is 12.4 Å². The van der Waals surface area contributed by atoms with Crippen molar-refractivity contribution < 1.29 is 13.2 Å². The Kier molecular flexibility index (Phi) is 4.52. The summed E-state index contributed by atoms with van der Waals surface area (Å²) in [6.07, 6.45) is -0.954. The van der Waals surface area contributed by atoms with Crippen molar-refractivity contribution in [1.82, 2.24) is 4.98 Å². The number of hydrogen-bond donors (Lipinski definition) is 1. The third-order valence-electron chi connectivity index (χ3n) is 3.30. The Morgan fingerprint density at radius 3 is 2.55 bits per heavy atom. The van der Waals surface area contributed by atoms with E-state index in [-0.39, 0.29) is 6.04 Å². The second kappa shape index (κ2) is 5.99. The van der Waals surface area contributed by atoms with Crippen LogP contribution in [0.15, 0.2) is 12.1 Å². The molecular formula is C14H20F3N3. The molecule has 1 fully saturated rings. The Labute approximate surface area is 117 Å². The molecule has 1 heterocycles. The van der Waals surface area contributed by atoms with Crippen LogP contribution >= 0.6 is 0 Å². The predicted octanol–water partition coefficient (Wildman–Crippen LogP) is 3.02. The molecule has 6 heteroatoms. The van der Waals surface area contributed by atoms with Gasteiger partial charge in [0.2, 0.25) is 0 Å². The molecule has 0 aliphatic heterocycles. The second-order valence-corrected chi connectivity index (χ2v) is 5.25. The zero-order valence-corrected chi connectivity index (χ0v) is 11.6. The van der Waals surface area contributed by atoms with E-state index >= 15 is 0 Å².